The van der Waals surface area contributed by atoms with Crippen LogP contribution in [0.2, 0.25) is 5.02 Å². The molecular formula is C25H25ClN2O. The lowest BCUT2D eigenvalue weighted by Gasteiger charge is -2.12. The second-order valence-corrected chi connectivity index (χ2v) is 7.88. The van der Waals surface area contributed by atoms with Gasteiger partial charge in [0.2, 0.25) is 0 Å². The molecule has 0 bridgehead atoms. The molecule has 0 aliphatic rings. The summed E-state index contributed by atoms with van der Waals surface area (Å²) < 4.78 is 8.37. The van der Waals surface area contributed by atoms with Crippen molar-refractivity contribution in [3.63, 3.8) is 0 Å². The van der Waals surface area contributed by atoms with Gasteiger partial charge in [0.25, 0.3) is 0 Å². The highest BCUT2D eigenvalue weighted by molar-refractivity contribution is 6.30. The summed E-state index contributed by atoms with van der Waals surface area (Å²) in [6.07, 6.45) is 1.70. The molecule has 1 aromatic heterocycles. The molecule has 3 aromatic carbocycles. The predicted molar refractivity (Wildman–Crippen MR) is 120 cm³/mol. The van der Waals surface area contributed by atoms with Crippen LogP contribution in [0.5, 0.6) is 5.75 Å². The summed E-state index contributed by atoms with van der Waals surface area (Å²) in [5, 5.41) is 0.755. The van der Waals surface area contributed by atoms with E-state index in [0.717, 1.165) is 41.5 Å². The second-order valence-electron chi connectivity index (χ2n) is 7.44. The third-order valence-electron chi connectivity index (χ3n) is 5.14. The van der Waals surface area contributed by atoms with E-state index in [-0.39, 0.29) is 0 Å². The Morgan fingerprint density at radius 3 is 2.59 bits per heavy atom. The number of fused-ring (bicyclic) bond motifs is 1. The maximum Gasteiger partial charge on any atom is 0.122 e. The molecule has 0 unspecified atom stereocenters. The molecule has 29 heavy (non-hydrogen) atoms. The monoisotopic (exact) mass is 404 g/mol. The first-order chi connectivity index (χ1) is 14.1. The first-order valence-electron chi connectivity index (χ1n) is 9.99. The standard InChI is InChI=1S/C25H25ClN2O/c1-18-8-9-19(2)24(16-18)29-15-5-14-28-23-7-4-3-6-22(23)27-25(28)17-20-10-12-21(26)13-11-20/h3-4,6-13,16H,5,14-15,17H2,1-2H3. The van der Waals surface area contributed by atoms with Crippen molar-refractivity contribution in [1.82, 2.24) is 9.55 Å². The highest BCUT2D eigenvalue weighted by Gasteiger charge is 2.11. The molecule has 0 radical (unpaired) electrons. The van der Waals surface area contributed by atoms with Gasteiger partial charge in [-0.05, 0) is 67.3 Å². The van der Waals surface area contributed by atoms with Crippen LogP contribution in [0, 0.1) is 13.8 Å². The summed E-state index contributed by atoms with van der Waals surface area (Å²) in [4.78, 5) is 4.88. The summed E-state index contributed by atoms with van der Waals surface area (Å²) in [6.45, 7) is 5.72. The van der Waals surface area contributed by atoms with Gasteiger partial charge in [0, 0.05) is 18.0 Å². The molecule has 4 aromatic rings. The zero-order valence-corrected chi connectivity index (χ0v) is 17.6. The van der Waals surface area contributed by atoms with Crippen LogP contribution in [0.25, 0.3) is 11.0 Å². The Balaban J connectivity index is 1.49. The predicted octanol–water partition coefficient (Wildman–Crippen LogP) is 6.37. The summed E-state index contributed by atoms with van der Waals surface area (Å²) in [6, 6.07) is 22.6. The van der Waals surface area contributed by atoms with E-state index >= 15 is 0 Å². The van der Waals surface area contributed by atoms with E-state index in [1.54, 1.807) is 0 Å². The van der Waals surface area contributed by atoms with E-state index in [2.05, 4.69) is 66.9 Å². The van der Waals surface area contributed by atoms with Gasteiger partial charge in [0.05, 0.1) is 17.6 Å². The third-order valence-corrected chi connectivity index (χ3v) is 5.39. The highest BCUT2D eigenvalue weighted by Crippen LogP contribution is 2.22. The van der Waals surface area contributed by atoms with Crippen molar-refractivity contribution < 1.29 is 4.74 Å². The minimum absolute atomic E-state index is 0.678. The largest absolute Gasteiger partial charge is 0.493 e. The Morgan fingerprint density at radius 1 is 0.966 bits per heavy atom. The Bertz CT molecular complexity index is 1120. The lowest BCUT2D eigenvalue weighted by Crippen LogP contribution is -2.09. The molecule has 148 valence electrons. The normalized spacial score (nSPS) is 11.1. The van der Waals surface area contributed by atoms with Gasteiger partial charge in [0.1, 0.15) is 11.6 Å². The average Bonchev–Trinajstić information content (AvgIpc) is 3.06. The maximum atomic E-state index is 6.05. The van der Waals surface area contributed by atoms with Crippen molar-refractivity contribution in [2.24, 2.45) is 0 Å². The van der Waals surface area contributed by atoms with Crippen LogP contribution in [0.3, 0.4) is 0 Å². The van der Waals surface area contributed by atoms with Crippen LogP contribution in [-0.4, -0.2) is 16.2 Å². The number of benzene rings is 3. The van der Waals surface area contributed by atoms with Gasteiger partial charge < -0.3 is 9.30 Å². The molecule has 0 fully saturated rings. The van der Waals surface area contributed by atoms with Crippen LogP contribution in [0.4, 0.5) is 0 Å². The van der Waals surface area contributed by atoms with Gasteiger partial charge in [-0.15, -0.1) is 0 Å². The number of halogens is 1. The average molecular weight is 405 g/mol. The molecule has 0 saturated carbocycles. The Morgan fingerprint density at radius 2 is 1.76 bits per heavy atom. The number of hydrogen-bond donors (Lipinski definition) is 0. The van der Waals surface area contributed by atoms with Gasteiger partial charge in [0.15, 0.2) is 0 Å². The number of rotatable bonds is 7. The van der Waals surface area contributed by atoms with Gasteiger partial charge in [-0.25, -0.2) is 4.98 Å². The number of aryl methyl sites for hydroxylation is 3. The van der Waals surface area contributed by atoms with Gasteiger partial charge in [-0.1, -0.05) is 48.0 Å². The van der Waals surface area contributed by atoms with E-state index in [1.807, 2.05) is 18.2 Å². The molecule has 4 rings (SSSR count). The Labute approximate surface area is 176 Å². The summed E-state index contributed by atoms with van der Waals surface area (Å²) in [5.41, 5.74) is 5.80. The zero-order chi connectivity index (χ0) is 20.2. The number of aromatic nitrogens is 2. The molecule has 0 aliphatic heterocycles. The van der Waals surface area contributed by atoms with Crippen LogP contribution in [0.15, 0.2) is 66.7 Å². The molecule has 0 N–H and O–H groups in total. The minimum atomic E-state index is 0.678. The molecular weight excluding hydrogens is 380 g/mol. The first kappa shape index (κ1) is 19.5. The molecule has 4 heteroatoms. The first-order valence-corrected chi connectivity index (χ1v) is 10.4. The molecule has 0 saturated heterocycles. The number of ether oxygens (including phenoxy) is 1. The van der Waals surface area contributed by atoms with Crippen LogP contribution < -0.4 is 4.74 Å². The fourth-order valence-corrected chi connectivity index (χ4v) is 3.69. The van der Waals surface area contributed by atoms with Gasteiger partial charge in [-0.2, -0.15) is 0 Å². The van der Waals surface area contributed by atoms with Crippen molar-refractivity contribution >= 4 is 22.6 Å². The van der Waals surface area contributed by atoms with E-state index in [1.165, 1.54) is 22.2 Å². The molecule has 0 spiro atoms. The molecule has 0 aliphatic carbocycles. The molecule has 1 heterocycles. The SMILES string of the molecule is Cc1ccc(C)c(OCCCn2c(Cc3ccc(Cl)cc3)nc3ccccc32)c1. The number of nitrogens with zero attached hydrogens (tertiary/aromatic N) is 2. The topological polar surface area (TPSA) is 27.1 Å². The molecule has 3 nitrogen and oxygen atoms in total. The van der Waals surface area contributed by atoms with Crippen LogP contribution in [0.1, 0.15) is 28.9 Å². The van der Waals surface area contributed by atoms with Crippen molar-refractivity contribution in [3.05, 3.63) is 94.3 Å². The Hall–Kier alpha value is -2.78. The summed E-state index contributed by atoms with van der Waals surface area (Å²) in [5.74, 6) is 2.04. The van der Waals surface area contributed by atoms with E-state index in [0.29, 0.717) is 6.61 Å². The number of para-hydroxylation sites is 2. The van der Waals surface area contributed by atoms with Crippen molar-refractivity contribution in [2.45, 2.75) is 33.2 Å². The molecule has 0 amide bonds. The highest BCUT2D eigenvalue weighted by atomic mass is 35.5. The van der Waals surface area contributed by atoms with Crippen molar-refractivity contribution in [1.29, 1.82) is 0 Å². The third kappa shape index (κ3) is 4.63. The lowest BCUT2D eigenvalue weighted by molar-refractivity contribution is 0.300. The smallest absolute Gasteiger partial charge is 0.122 e. The fourth-order valence-electron chi connectivity index (χ4n) is 3.56. The molecule has 0 atom stereocenters. The Kier molecular flexibility index (Phi) is 5.86. The van der Waals surface area contributed by atoms with Crippen molar-refractivity contribution in [3.8, 4) is 5.75 Å². The van der Waals surface area contributed by atoms with Crippen LogP contribution in [-0.2, 0) is 13.0 Å². The van der Waals surface area contributed by atoms with E-state index in [4.69, 9.17) is 21.3 Å². The van der Waals surface area contributed by atoms with E-state index < -0.39 is 0 Å². The van der Waals surface area contributed by atoms with Gasteiger partial charge >= 0.3 is 0 Å². The summed E-state index contributed by atoms with van der Waals surface area (Å²) >= 11 is 6.03. The number of imidazole rings is 1. The maximum absolute atomic E-state index is 6.05. The van der Waals surface area contributed by atoms with E-state index in [9.17, 15) is 0 Å². The zero-order valence-electron chi connectivity index (χ0n) is 16.9. The number of hydrogen-bond acceptors (Lipinski definition) is 2. The second kappa shape index (κ2) is 8.71. The van der Waals surface area contributed by atoms with Gasteiger partial charge in [-0.3, -0.25) is 0 Å². The quantitative estimate of drug-likeness (QED) is 0.335. The minimum Gasteiger partial charge on any atom is -0.493 e. The lowest BCUT2D eigenvalue weighted by atomic mass is 10.1. The summed E-state index contributed by atoms with van der Waals surface area (Å²) in [7, 11) is 0. The van der Waals surface area contributed by atoms with Crippen LogP contribution >= 0.6 is 11.6 Å². The fraction of sp³-hybridized carbons (Fsp3) is 0.240. The van der Waals surface area contributed by atoms with Crippen molar-refractivity contribution in [2.75, 3.05) is 6.61 Å².